The summed E-state index contributed by atoms with van der Waals surface area (Å²) in [6.45, 7) is 7.13. The molecule has 7 nitrogen and oxygen atoms in total. The van der Waals surface area contributed by atoms with Crippen molar-refractivity contribution in [3.05, 3.63) is 35.4 Å². The van der Waals surface area contributed by atoms with Crippen LogP contribution in [-0.2, 0) is 20.9 Å². The van der Waals surface area contributed by atoms with Crippen LogP contribution < -0.4 is 0 Å². The van der Waals surface area contributed by atoms with Crippen LogP contribution in [0.5, 0.6) is 0 Å². The highest BCUT2D eigenvalue weighted by atomic mass is 16.4. The Labute approximate surface area is 159 Å². The van der Waals surface area contributed by atoms with E-state index in [0.29, 0.717) is 5.91 Å². The Morgan fingerprint density at radius 3 is 2.30 bits per heavy atom. The normalized spacial score (nSPS) is 19.9. The molecule has 0 radical (unpaired) electrons. The number of carboxylic acid groups (broad SMARTS) is 2. The number of likely N-dealkylation sites (tertiary alicyclic amines) is 2. The second-order valence-corrected chi connectivity index (χ2v) is 7.21. The molecule has 7 heteroatoms. The number of benzene rings is 1. The van der Waals surface area contributed by atoms with Gasteiger partial charge in [-0.05, 0) is 44.7 Å². The fourth-order valence-electron chi connectivity index (χ4n) is 3.67. The fourth-order valence-corrected chi connectivity index (χ4v) is 3.67. The molecule has 2 fully saturated rings. The third-order valence-corrected chi connectivity index (χ3v) is 4.94. The van der Waals surface area contributed by atoms with Crippen LogP contribution in [0.15, 0.2) is 24.3 Å². The highest BCUT2D eigenvalue weighted by molar-refractivity contribution is 6.27. The molecule has 2 heterocycles. The van der Waals surface area contributed by atoms with Crippen LogP contribution in [0.1, 0.15) is 36.8 Å². The molecule has 2 saturated heterocycles. The number of carboxylic acids is 2. The van der Waals surface area contributed by atoms with Crippen molar-refractivity contribution in [2.24, 2.45) is 5.92 Å². The molecule has 0 aromatic heterocycles. The van der Waals surface area contributed by atoms with E-state index in [9.17, 15) is 4.79 Å². The van der Waals surface area contributed by atoms with Crippen LogP contribution in [0, 0.1) is 12.8 Å². The Hall–Kier alpha value is -2.41. The number of aryl methyl sites for hydroxylation is 1. The van der Waals surface area contributed by atoms with Crippen LogP contribution in [0.25, 0.3) is 0 Å². The van der Waals surface area contributed by atoms with E-state index in [1.165, 1.54) is 24.0 Å². The zero-order valence-electron chi connectivity index (χ0n) is 15.8. The Morgan fingerprint density at radius 1 is 1.04 bits per heavy atom. The van der Waals surface area contributed by atoms with Crippen molar-refractivity contribution in [2.45, 2.75) is 39.2 Å². The van der Waals surface area contributed by atoms with Crippen molar-refractivity contribution < 1.29 is 24.6 Å². The van der Waals surface area contributed by atoms with Crippen LogP contribution in [0.2, 0.25) is 0 Å². The summed E-state index contributed by atoms with van der Waals surface area (Å²) in [7, 11) is 0. The standard InChI is InChI=1S/C18H26N2O.C2H2O4/c1-15-6-4-7-16(12-15)13-19-9-5-8-17(14-19)18(21)20-10-2-3-11-20;3-1(4)2(5)6/h4,6-7,12,17H,2-3,5,8-11,13-14H2,1H3;(H,3,4)(H,5,6). The van der Waals surface area contributed by atoms with Gasteiger partial charge in [-0.2, -0.15) is 0 Å². The first kappa shape index (κ1) is 20.9. The van der Waals surface area contributed by atoms with Crippen molar-refractivity contribution in [1.29, 1.82) is 0 Å². The molecule has 1 atom stereocenters. The largest absolute Gasteiger partial charge is 0.473 e. The quantitative estimate of drug-likeness (QED) is 0.783. The van der Waals surface area contributed by atoms with Gasteiger partial charge in [0, 0.05) is 26.2 Å². The third kappa shape index (κ3) is 6.67. The number of hydrogen-bond donors (Lipinski definition) is 2. The van der Waals surface area contributed by atoms with Gasteiger partial charge in [-0.3, -0.25) is 9.69 Å². The summed E-state index contributed by atoms with van der Waals surface area (Å²) in [5.74, 6) is -3.02. The summed E-state index contributed by atoms with van der Waals surface area (Å²) >= 11 is 0. The number of piperidine rings is 1. The van der Waals surface area contributed by atoms with Crippen molar-refractivity contribution in [3.63, 3.8) is 0 Å². The minimum absolute atomic E-state index is 0.224. The van der Waals surface area contributed by atoms with Crippen LogP contribution >= 0.6 is 0 Å². The molecule has 148 valence electrons. The summed E-state index contributed by atoms with van der Waals surface area (Å²) in [4.78, 5) is 35.3. The minimum Gasteiger partial charge on any atom is -0.473 e. The summed E-state index contributed by atoms with van der Waals surface area (Å²) in [6, 6.07) is 8.71. The maximum atomic E-state index is 12.6. The lowest BCUT2D eigenvalue weighted by atomic mass is 9.96. The van der Waals surface area contributed by atoms with E-state index < -0.39 is 11.9 Å². The Morgan fingerprint density at radius 2 is 1.70 bits per heavy atom. The number of rotatable bonds is 3. The van der Waals surface area contributed by atoms with Gasteiger partial charge in [0.1, 0.15) is 0 Å². The molecule has 2 aliphatic heterocycles. The van der Waals surface area contributed by atoms with Gasteiger partial charge in [0.2, 0.25) is 5.91 Å². The molecule has 0 spiro atoms. The summed E-state index contributed by atoms with van der Waals surface area (Å²) in [5, 5.41) is 14.8. The first-order chi connectivity index (χ1) is 12.9. The molecule has 0 saturated carbocycles. The molecular formula is C20H28N2O5. The Balaban J connectivity index is 0.000000380. The first-order valence-corrected chi connectivity index (χ1v) is 9.39. The number of nitrogens with zero attached hydrogens (tertiary/aromatic N) is 2. The van der Waals surface area contributed by atoms with Crippen molar-refractivity contribution >= 4 is 17.8 Å². The average Bonchev–Trinajstić information content (AvgIpc) is 3.16. The van der Waals surface area contributed by atoms with E-state index in [4.69, 9.17) is 19.8 Å². The molecule has 27 heavy (non-hydrogen) atoms. The lowest BCUT2D eigenvalue weighted by molar-refractivity contribution is -0.159. The number of hydrogen-bond acceptors (Lipinski definition) is 4. The molecular weight excluding hydrogens is 348 g/mol. The van der Waals surface area contributed by atoms with Crippen LogP contribution in [-0.4, -0.2) is 64.0 Å². The number of aliphatic carboxylic acids is 2. The molecule has 0 bridgehead atoms. The fraction of sp³-hybridized carbons (Fsp3) is 0.550. The predicted molar refractivity (Wildman–Crippen MR) is 100 cm³/mol. The van der Waals surface area contributed by atoms with Gasteiger partial charge < -0.3 is 15.1 Å². The van der Waals surface area contributed by atoms with E-state index in [1.54, 1.807) is 0 Å². The predicted octanol–water partition coefficient (Wildman–Crippen LogP) is 1.99. The van der Waals surface area contributed by atoms with Gasteiger partial charge in [0.25, 0.3) is 0 Å². The van der Waals surface area contributed by atoms with Gasteiger partial charge in [0.05, 0.1) is 5.92 Å². The Kier molecular flexibility index (Phi) is 7.79. The SMILES string of the molecule is Cc1cccc(CN2CCCC(C(=O)N3CCCC3)C2)c1.O=C(O)C(=O)O. The van der Waals surface area contributed by atoms with Crippen molar-refractivity contribution in [2.75, 3.05) is 26.2 Å². The minimum atomic E-state index is -1.82. The maximum absolute atomic E-state index is 12.6. The molecule has 1 aromatic rings. The topological polar surface area (TPSA) is 98.2 Å². The van der Waals surface area contributed by atoms with E-state index in [1.807, 2.05) is 0 Å². The summed E-state index contributed by atoms with van der Waals surface area (Å²) in [5.41, 5.74) is 2.68. The second kappa shape index (κ2) is 10.1. The van der Waals surface area contributed by atoms with E-state index in [-0.39, 0.29) is 5.92 Å². The molecule has 1 aromatic carbocycles. The lowest BCUT2D eigenvalue weighted by Gasteiger charge is -2.34. The molecule has 0 aliphatic carbocycles. The van der Waals surface area contributed by atoms with Gasteiger partial charge in [0.15, 0.2) is 0 Å². The zero-order valence-corrected chi connectivity index (χ0v) is 15.8. The second-order valence-electron chi connectivity index (χ2n) is 7.21. The smallest absolute Gasteiger partial charge is 0.414 e. The average molecular weight is 376 g/mol. The lowest BCUT2D eigenvalue weighted by Crippen LogP contribution is -2.43. The van der Waals surface area contributed by atoms with E-state index in [0.717, 1.165) is 45.6 Å². The highest BCUT2D eigenvalue weighted by Gasteiger charge is 2.30. The summed E-state index contributed by atoms with van der Waals surface area (Å²) in [6.07, 6.45) is 4.59. The van der Waals surface area contributed by atoms with E-state index in [2.05, 4.69) is 41.0 Å². The maximum Gasteiger partial charge on any atom is 0.414 e. The molecule has 3 rings (SSSR count). The Bertz CT molecular complexity index is 658. The molecule has 2 aliphatic rings. The monoisotopic (exact) mass is 376 g/mol. The van der Waals surface area contributed by atoms with Crippen molar-refractivity contribution in [3.8, 4) is 0 Å². The highest BCUT2D eigenvalue weighted by Crippen LogP contribution is 2.22. The molecule has 2 N–H and O–H groups in total. The van der Waals surface area contributed by atoms with Gasteiger partial charge in [-0.1, -0.05) is 29.8 Å². The van der Waals surface area contributed by atoms with Gasteiger partial charge >= 0.3 is 11.9 Å². The molecule has 1 unspecified atom stereocenters. The van der Waals surface area contributed by atoms with E-state index >= 15 is 0 Å². The zero-order chi connectivity index (χ0) is 19.8. The van der Waals surface area contributed by atoms with Crippen LogP contribution in [0.3, 0.4) is 0 Å². The summed E-state index contributed by atoms with van der Waals surface area (Å²) < 4.78 is 0. The van der Waals surface area contributed by atoms with Gasteiger partial charge in [-0.15, -0.1) is 0 Å². The first-order valence-electron chi connectivity index (χ1n) is 9.39. The third-order valence-electron chi connectivity index (χ3n) is 4.94. The molecule has 1 amide bonds. The van der Waals surface area contributed by atoms with Crippen LogP contribution in [0.4, 0.5) is 0 Å². The van der Waals surface area contributed by atoms with Gasteiger partial charge in [-0.25, -0.2) is 9.59 Å². The van der Waals surface area contributed by atoms with Crippen molar-refractivity contribution in [1.82, 2.24) is 9.80 Å². The number of carbonyl (C=O) groups is 3. The number of amides is 1. The number of carbonyl (C=O) groups excluding carboxylic acids is 1.